The molecule has 3 aromatic rings. The van der Waals surface area contributed by atoms with Crippen LogP contribution in [0.4, 0.5) is 10.1 Å². The van der Waals surface area contributed by atoms with E-state index in [1.165, 1.54) is 6.07 Å². The zero-order valence-electron chi connectivity index (χ0n) is 22.6. The van der Waals surface area contributed by atoms with Gasteiger partial charge < -0.3 is 14.6 Å². The fourth-order valence-corrected chi connectivity index (χ4v) is 5.86. The lowest BCUT2D eigenvalue weighted by Gasteiger charge is -2.34. The van der Waals surface area contributed by atoms with Crippen LogP contribution in [0, 0.1) is 17.1 Å². The molecule has 1 aromatic heterocycles. The molecular weight excluding hydrogens is 523 g/mol. The Kier molecular flexibility index (Phi) is 7.77. The summed E-state index contributed by atoms with van der Waals surface area (Å²) in [5, 5.41) is 18.4. The standard InChI is InChI=1S/C32H31FN4O4/c33-27-14-20(17-34)4-5-23(27)19-41-31-3-1-2-28(36-31)21-8-11-37(12-9-21)18-30-26(16-24-10-13-40-24)25-15-22(32(38)39)6-7-29(25)35-30/h1-7,14-15,21,24,26H,8-13,16,18-19H2,(H,38,39). The number of likely N-dealkylation sites (tertiary alicyclic amines) is 1. The number of fused-ring (bicyclic) bond motifs is 1. The van der Waals surface area contributed by atoms with Gasteiger partial charge in [0, 0.05) is 48.0 Å². The average molecular weight is 555 g/mol. The number of halogens is 1. The number of carboxylic acid groups (broad SMARTS) is 1. The summed E-state index contributed by atoms with van der Waals surface area (Å²) in [7, 11) is 0. The Morgan fingerprint density at radius 3 is 2.68 bits per heavy atom. The number of carbonyl (C=O) groups is 1. The van der Waals surface area contributed by atoms with Crippen LogP contribution < -0.4 is 4.74 Å². The van der Waals surface area contributed by atoms with Crippen molar-refractivity contribution in [3.63, 3.8) is 0 Å². The highest BCUT2D eigenvalue weighted by Crippen LogP contribution is 2.41. The number of benzene rings is 2. The van der Waals surface area contributed by atoms with Gasteiger partial charge in [-0.2, -0.15) is 5.26 Å². The van der Waals surface area contributed by atoms with Crippen molar-refractivity contribution < 1.29 is 23.8 Å². The summed E-state index contributed by atoms with van der Waals surface area (Å²) in [6.07, 6.45) is 3.95. The van der Waals surface area contributed by atoms with Gasteiger partial charge in [-0.3, -0.25) is 9.89 Å². The van der Waals surface area contributed by atoms with E-state index in [1.54, 1.807) is 30.3 Å². The number of hydrogen-bond acceptors (Lipinski definition) is 7. The normalized spacial score (nSPS) is 20.5. The molecule has 3 aliphatic heterocycles. The minimum Gasteiger partial charge on any atom is -0.478 e. The van der Waals surface area contributed by atoms with Crippen molar-refractivity contribution in [1.29, 1.82) is 5.26 Å². The van der Waals surface area contributed by atoms with E-state index in [2.05, 4.69) is 4.90 Å². The smallest absolute Gasteiger partial charge is 0.335 e. The predicted octanol–water partition coefficient (Wildman–Crippen LogP) is 5.60. The summed E-state index contributed by atoms with van der Waals surface area (Å²) in [5.74, 6) is -0.572. The molecule has 0 aliphatic carbocycles. The van der Waals surface area contributed by atoms with E-state index in [9.17, 15) is 14.3 Å². The molecule has 0 spiro atoms. The van der Waals surface area contributed by atoms with Crippen LogP contribution in [0.5, 0.6) is 5.88 Å². The molecule has 1 N–H and O–H groups in total. The molecule has 210 valence electrons. The van der Waals surface area contributed by atoms with Crippen molar-refractivity contribution in [3.05, 3.63) is 88.4 Å². The quantitative estimate of drug-likeness (QED) is 0.367. The maximum absolute atomic E-state index is 14.2. The fraction of sp³-hybridized carbons (Fsp3) is 0.375. The number of ether oxygens (including phenoxy) is 2. The maximum Gasteiger partial charge on any atom is 0.335 e. The van der Waals surface area contributed by atoms with Crippen LogP contribution in [-0.2, 0) is 11.3 Å². The molecule has 9 heteroatoms. The highest BCUT2D eigenvalue weighted by molar-refractivity contribution is 6.00. The molecular formula is C32H31FN4O4. The minimum atomic E-state index is -0.925. The molecule has 6 rings (SSSR count). The molecule has 0 saturated carbocycles. The van der Waals surface area contributed by atoms with Gasteiger partial charge >= 0.3 is 5.97 Å². The topological polar surface area (TPSA) is 108 Å². The molecule has 2 saturated heterocycles. The first-order valence-electron chi connectivity index (χ1n) is 14.0. The highest BCUT2D eigenvalue weighted by Gasteiger charge is 2.34. The first kappa shape index (κ1) is 27.1. The van der Waals surface area contributed by atoms with Crippen molar-refractivity contribution in [3.8, 4) is 11.9 Å². The number of nitrogens with zero attached hydrogens (tertiary/aromatic N) is 4. The second-order valence-electron chi connectivity index (χ2n) is 10.9. The van der Waals surface area contributed by atoms with E-state index in [1.807, 2.05) is 24.3 Å². The number of aromatic carboxylic acids is 1. The number of piperidine rings is 1. The molecule has 2 aromatic carbocycles. The third kappa shape index (κ3) is 5.99. The van der Waals surface area contributed by atoms with Crippen molar-refractivity contribution >= 4 is 17.4 Å². The first-order chi connectivity index (χ1) is 20.0. The van der Waals surface area contributed by atoms with Gasteiger partial charge in [-0.25, -0.2) is 14.2 Å². The maximum atomic E-state index is 14.2. The zero-order valence-corrected chi connectivity index (χ0v) is 22.6. The summed E-state index contributed by atoms with van der Waals surface area (Å²) < 4.78 is 25.7. The molecule has 8 nitrogen and oxygen atoms in total. The number of aliphatic imine (C=N–C) groups is 1. The van der Waals surface area contributed by atoms with E-state index in [-0.39, 0.29) is 24.2 Å². The van der Waals surface area contributed by atoms with E-state index in [0.29, 0.717) is 22.9 Å². The number of nitriles is 1. The van der Waals surface area contributed by atoms with Crippen molar-refractivity contribution in [2.45, 2.75) is 50.2 Å². The Morgan fingerprint density at radius 1 is 1.15 bits per heavy atom. The monoisotopic (exact) mass is 554 g/mol. The molecule has 2 atom stereocenters. The third-order valence-corrected chi connectivity index (χ3v) is 8.30. The first-order valence-corrected chi connectivity index (χ1v) is 14.0. The molecule has 2 unspecified atom stereocenters. The molecule has 0 bridgehead atoms. The lowest BCUT2D eigenvalue weighted by molar-refractivity contribution is -0.0553. The Hall–Kier alpha value is -4.13. The summed E-state index contributed by atoms with van der Waals surface area (Å²) in [4.78, 5) is 23.7. The molecule has 41 heavy (non-hydrogen) atoms. The van der Waals surface area contributed by atoms with Crippen LogP contribution >= 0.6 is 0 Å². The van der Waals surface area contributed by atoms with Crippen molar-refractivity contribution in [2.24, 2.45) is 4.99 Å². The highest BCUT2D eigenvalue weighted by atomic mass is 19.1. The Labute approximate surface area is 238 Å². The number of pyridine rings is 1. The Balaban J connectivity index is 1.07. The third-order valence-electron chi connectivity index (χ3n) is 8.30. The SMILES string of the molecule is N#Cc1ccc(COc2cccc(C3CCN(CC4=Nc5ccc(C(=O)O)cc5C4CC4CCO4)CC3)n2)c(F)c1. The van der Waals surface area contributed by atoms with Gasteiger partial charge in [-0.1, -0.05) is 12.1 Å². The number of aromatic nitrogens is 1. The molecule has 0 amide bonds. The van der Waals surface area contributed by atoms with Crippen LogP contribution in [-0.4, -0.2) is 59.0 Å². The number of carboxylic acids is 1. The second-order valence-corrected chi connectivity index (χ2v) is 10.9. The van der Waals surface area contributed by atoms with Gasteiger partial charge in [-0.05, 0) is 80.7 Å². The largest absolute Gasteiger partial charge is 0.478 e. The van der Waals surface area contributed by atoms with E-state index < -0.39 is 11.8 Å². The number of rotatable bonds is 9. The van der Waals surface area contributed by atoms with Crippen LogP contribution in [0.25, 0.3) is 0 Å². The van der Waals surface area contributed by atoms with Gasteiger partial charge in [-0.15, -0.1) is 0 Å². The predicted molar refractivity (Wildman–Crippen MR) is 150 cm³/mol. The van der Waals surface area contributed by atoms with Gasteiger partial charge in [0.25, 0.3) is 0 Å². The lowest BCUT2D eigenvalue weighted by atomic mass is 9.86. The summed E-state index contributed by atoms with van der Waals surface area (Å²) in [6, 6.07) is 17.2. The Morgan fingerprint density at radius 2 is 1.98 bits per heavy atom. The lowest BCUT2D eigenvalue weighted by Crippen LogP contribution is -2.39. The summed E-state index contributed by atoms with van der Waals surface area (Å²) in [5.41, 5.74) is 4.86. The van der Waals surface area contributed by atoms with Crippen LogP contribution in [0.1, 0.15) is 70.3 Å². The fourth-order valence-electron chi connectivity index (χ4n) is 5.86. The van der Waals surface area contributed by atoms with Gasteiger partial charge in [0.05, 0.1) is 29.0 Å². The average Bonchev–Trinajstić information content (AvgIpc) is 3.30. The molecule has 3 aliphatic rings. The molecule has 4 heterocycles. The van der Waals surface area contributed by atoms with Crippen LogP contribution in [0.3, 0.4) is 0 Å². The van der Waals surface area contributed by atoms with E-state index >= 15 is 0 Å². The van der Waals surface area contributed by atoms with Gasteiger partial charge in [0.2, 0.25) is 5.88 Å². The van der Waals surface area contributed by atoms with Crippen LogP contribution in [0.15, 0.2) is 59.6 Å². The second kappa shape index (κ2) is 11.8. The van der Waals surface area contributed by atoms with Gasteiger partial charge in [0.1, 0.15) is 12.4 Å². The van der Waals surface area contributed by atoms with Gasteiger partial charge in [0.15, 0.2) is 0 Å². The zero-order chi connectivity index (χ0) is 28.3. The van der Waals surface area contributed by atoms with Crippen molar-refractivity contribution in [2.75, 3.05) is 26.2 Å². The molecule has 2 fully saturated rings. The summed E-state index contributed by atoms with van der Waals surface area (Å²) >= 11 is 0. The van der Waals surface area contributed by atoms with Crippen molar-refractivity contribution in [1.82, 2.24) is 9.88 Å². The van der Waals surface area contributed by atoms with E-state index in [0.717, 1.165) is 74.6 Å². The van der Waals surface area contributed by atoms with Crippen LogP contribution in [0.2, 0.25) is 0 Å². The van der Waals surface area contributed by atoms with E-state index in [4.69, 9.17) is 24.7 Å². The Bertz CT molecular complexity index is 1520. The summed E-state index contributed by atoms with van der Waals surface area (Å²) in [6.45, 7) is 3.37. The molecule has 0 radical (unpaired) electrons. The minimum absolute atomic E-state index is 0.0396. The number of hydrogen-bond donors (Lipinski definition) is 1.